The van der Waals surface area contributed by atoms with Crippen LogP contribution in [0.15, 0.2) is 66.7 Å². The van der Waals surface area contributed by atoms with Gasteiger partial charge in [-0.2, -0.15) is 13.2 Å². The molecule has 7 nitrogen and oxygen atoms in total. The van der Waals surface area contributed by atoms with Crippen LogP contribution in [0.4, 0.5) is 13.2 Å². The van der Waals surface area contributed by atoms with Gasteiger partial charge in [0.05, 0.1) is 43.4 Å². The van der Waals surface area contributed by atoms with Gasteiger partial charge in [0.25, 0.3) is 0 Å². The third-order valence-corrected chi connectivity index (χ3v) is 5.88. The van der Waals surface area contributed by atoms with E-state index in [9.17, 15) is 22.8 Å². The van der Waals surface area contributed by atoms with Crippen LogP contribution >= 0.6 is 0 Å². The van der Waals surface area contributed by atoms with E-state index in [1.54, 1.807) is 68.0 Å². The summed E-state index contributed by atoms with van der Waals surface area (Å²) in [6.45, 7) is 3.63. The molecule has 0 aliphatic rings. The Balaban J connectivity index is 1.87. The molecule has 3 aromatic carbocycles. The molecule has 10 heteroatoms. The molecule has 0 aliphatic heterocycles. The second-order valence-electron chi connectivity index (χ2n) is 8.36. The maximum absolute atomic E-state index is 13.2. The van der Waals surface area contributed by atoms with Gasteiger partial charge in [-0.3, -0.25) is 4.79 Å². The fourth-order valence-corrected chi connectivity index (χ4v) is 4.21. The quantitative estimate of drug-likeness (QED) is 0.219. The Morgan fingerprint density at radius 3 is 2.03 bits per heavy atom. The number of benzene rings is 3. The van der Waals surface area contributed by atoms with Crippen molar-refractivity contribution < 1.29 is 41.7 Å². The molecule has 0 N–H and O–H groups in total. The first-order chi connectivity index (χ1) is 18.7. The second-order valence-corrected chi connectivity index (χ2v) is 8.36. The fraction of sp³-hybridized carbons (Fsp3) is 0.241. The number of halogens is 3. The van der Waals surface area contributed by atoms with E-state index in [1.807, 2.05) is 0 Å². The van der Waals surface area contributed by atoms with Crippen LogP contribution in [0.5, 0.6) is 17.2 Å². The maximum atomic E-state index is 13.2. The summed E-state index contributed by atoms with van der Waals surface area (Å²) in [5.41, 5.74) is 0.969. The molecule has 1 heterocycles. The Morgan fingerprint density at radius 1 is 0.821 bits per heavy atom. The SMILES string of the molecule is CCOC(=O)Cc1c(C(=O)OCC)c2cc(Oc3ccc(C(F)(F)F)cc3)ccc2n1-c1ccc(OC)cc1. The molecule has 0 fully saturated rings. The lowest BCUT2D eigenvalue weighted by Crippen LogP contribution is -2.15. The van der Waals surface area contributed by atoms with E-state index in [-0.39, 0.29) is 36.7 Å². The van der Waals surface area contributed by atoms with Crippen molar-refractivity contribution in [3.05, 3.63) is 83.6 Å². The lowest BCUT2D eigenvalue weighted by molar-refractivity contribution is -0.142. The third-order valence-electron chi connectivity index (χ3n) is 5.88. The number of rotatable bonds is 9. The van der Waals surface area contributed by atoms with Crippen LogP contribution in [0.2, 0.25) is 0 Å². The van der Waals surface area contributed by atoms with Gasteiger partial charge in [-0.25, -0.2) is 4.79 Å². The number of nitrogens with zero attached hydrogens (tertiary/aromatic N) is 1. The molecule has 0 radical (unpaired) electrons. The fourth-order valence-electron chi connectivity index (χ4n) is 4.21. The minimum absolute atomic E-state index is 0.106. The van der Waals surface area contributed by atoms with E-state index in [0.717, 1.165) is 12.1 Å². The third kappa shape index (κ3) is 6.00. The molecule has 4 rings (SSSR count). The smallest absolute Gasteiger partial charge is 0.416 e. The summed E-state index contributed by atoms with van der Waals surface area (Å²) in [5, 5.41) is 0.438. The Morgan fingerprint density at radius 2 is 1.44 bits per heavy atom. The number of carbonyl (C=O) groups excluding carboxylic acids is 2. The molecular formula is C29H26F3NO6. The van der Waals surface area contributed by atoms with Crippen LogP contribution < -0.4 is 9.47 Å². The molecule has 0 bridgehead atoms. The highest BCUT2D eigenvalue weighted by Crippen LogP contribution is 2.36. The molecule has 0 amide bonds. The van der Waals surface area contributed by atoms with Gasteiger partial charge in [-0.1, -0.05) is 0 Å². The van der Waals surface area contributed by atoms with Crippen molar-refractivity contribution in [1.82, 2.24) is 4.57 Å². The first-order valence-corrected chi connectivity index (χ1v) is 12.2. The first kappa shape index (κ1) is 27.6. The normalized spacial score (nSPS) is 11.3. The number of ether oxygens (including phenoxy) is 4. The number of methoxy groups -OCH3 is 1. The average molecular weight is 542 g/mol. The molecule has 0 spiro atoms. The summed E-state index contributed by atoms with van der Waals surface area (Å²) in [6.07, 6.45) is -4.68. The van der Waals surface area contributed by atoms with Gasteiger partial charge in [-0.15, -0.1) is 0 Å². The number of fused-ring (bicyclic) bond motifs is 1. The molecule has 4 aromatic rings. The summed E-state index contributed by atoms with van der Waals surface area (Å²) < 4.78 is 62.2. The second kappa shape index (κ2) is 11.5. The van der Waals surface area contributed by atoms with E-state index < -0.39 is 23.7 Å². The van der Waals surface area contributed by atoms with Crippen molar-refractivity contribution in [2.24, 2.45) is 0 Å². The van der Waals surface area contributed by atoms with E-state index in [0.29, 0.717) is 28.0 Å². The van der Waals surface area contributed by atoms with Crippen molar-refractivity contribution in [3.8, 4) is 22.9 Å². The lowest BCUT2D eigenvalue weighted by atomic mass is 10.1. The minimum Gasteiger partial charge on any atom is -0.497 e. The van der Waals surface area contributed by atoms with E-state index in [1.165, 1.54) is 12.1 Å². The van der Waals surface area contributed by atoms with Gasteiger partial charge < -0.3 is 23.5 Å². The molecule has 204 valence electrons. The van der Waals surface area contributed by atoms with Crippen molar-refractivity contribution in [2.75, 3.05) is 20.3 Å². The van der Waals surface area contributed by atoms with E-state index >= 15 is 0 Å². The van der Waals surface area contributed by atoms with Gasteiger partial charge >= 0.3 is 18.1 Å². The Bertz CT molecular complexity index is 1470. The standard InChI is InChI=1S/C29H26F3NO6/c1-4-37-26(34)17-25-27(28(35)38-5-2)23-16-22(39-21-10-6-18(7-11-21)29(30,31)32)14-15-24(23)33(25)19-8-12-20(36-3)13-9-19/h6-16H,4-5,17H2,1-3H3. The zero-order chi connectivity index (χ0) is 28.2. The molecule has 0 unspecified atom stereocenters. The Labute approximate surface area is 222 Å². The van der Waals surface area contributed by atoms with Crippen LogP contribution in [-0.4, -0.2) is 36.8 Å². The highest BCUT2D eigenvalue weighted by Gasteiger charge is 2.30. The van der Waals surface area contributed by atoms with Crippen molar-refractivity contribution in [3.63, 3.8) is 0 Å². The van der Waals surface area contributed by atoms with Gasteiger partial charge in [0, 0.05) is 16.8 Å². The number of hydrogen-bond donors (Lipinski definition) is 0. The largest absolute Gasteiger partial charge is 0.497 e. The highest BCUT2D eigenvalue weighted by molar-refractivity contribution is 6.07. The van der Waals surface area contributed by atoms with Crippen molar-refractivity contribution >= 4 is 22.8 Å². The van der Waals surface area contributed by atoms with Crippen LogP contribution in [0.3, 0.4) is 0 Å². The topological polar surface area (TPSA) is 76.0 Å². The van der Waals surface area contributed by atoms with Crippen molar-refractivity contribution in [1.29, 1.82) is 0 Å². The summed E-state index contributed by atoms with van der Waals surface area (Å²) in [5.74, 6) is -0.0775. The molecule has 0 aliphatic carbocycles. The summed E-state index contributed by atoms with van der Waals surface area (Å²) in [6, 6.07) is 16.3. The maximum Gasteiger partial charge on any atom is 0.416 e. The van der Waals surface area contributed by atoms with E-state index in [4.69, 9.17) is 18.9 Å². The van der Waals surface area contributed by atoms with Crippen LogP contribution in [0.25, 0.3) is 16.6 Å². The van der Waals surface area contributed by atoms with Gasteiger partial charge in [0.1, 0.15) is 17.2 Å². The van der Waals surface area contributed by atoms with E-state index in [2.05, 4.69) is 0 Å². The predicted molar refractivity (Wildman–Crippen MR) is 138 cm³/mol. The molecule has 1 aromatic heterocycles. The number of carbonyl (C=O) groups is 2. The number of esters is 2. The zero-order valence-corrected chi connectivity index (χ0v) is 21.5. The molecule has 0 saturated carbocycles. The monoisotopic (exact) mass is 541 g/mol. The summed E-state index contributed by atoms with van der Waals surface area (Å²) >= 11 is 0. The van der Waals surface area contributed by atoms with Gasteiger partial charge in [0.15, 0.2) is 0 Å². The zero-order valence-electron chi connectivity index (χ0n) is 21.5. The number of alkyl halides is 3. The summed E-state index contributed by atoms with van der Waals surface area (Å²) in [4.78, 5) is 25.8. The summed E-state index contributed by atoms with van der Waals surface area (Å²) in [7, 11) is 1.54. The van der Waals surface area contributed by atoms with Crippen LogP contribution in [0.1, 0.15) is 35.5 Å². The van der Waals surface area contributed by atoms with Crippen LogP contribution in [0, 0.1) is 0 Å². The minimum atomic E-state index is -4.47. The Hall–Kier alpha value is -4.47. The molecular weight excluding hydrogens is 515 g/mol. The highest BCUT2D eigenvalue weighted by atomic mass is 19.4. The van der Waals surface area contributed by atoms with Crippen LogP contribution in [-0.2, 0) is 26.9 Å². The molecule has 0 atom stereocenters. The number of hydrogen-bond acceptors (Lipinski definition) is 6. The van der Waals surface area contributed by atoms with Gasteiger partial charge in [-0.05, 0) is 80.6 Å². The predicted octanol–water partition coefficient (Wildman–Crippen LogP) is 6.73. The molecule has 0 saturated heterocycles. The van der Waals surface area contributed by atoms with Crippen molar-refractivity contribution in [2.45, 2.75) is 26.4 Å². The average Bonchev–Trinajstić information content (AvgIpc) is 3.21. The number of aromatic nitrogens is 1. The van der Waals surface area contributed by atoms with Gasteiger partial charge in [0.2, 0.25) is 0 Å². The lowest BCUT2D eigenvalue weighted by Gasteiger charge is -2.13. The Kier molecular flexibility index (Phi) is 8.13. The molecule has 39 heavy (non-hydrogen) atoms. The first-order valence-electron chi connectivity index (χ1n) is 12.2.